The van der Waals surface area contributed by atoms with E-state index < -0.39 is 0 Å². The first-order valence-corrected chi connectivity index (χ1v) is 10.5. The summed E-state index contributed by atoms with van der Waals surface area (Å²) in [7, 11) is 0. The summed E-state index contributed by atoms with van der Waals surface area (Å²) in [5.74, 6) is 0.995. The molecule has 0 aliphatic carbocycles. The molecule has 32 heavy (non-hydrogen) atoms. The second-order valence-electron chi connectivity index (χ2n) is 8.11. The zero-order chi connectivity index (χ0) is 22.2. The fourth-order valence-corrected chi connectivity index (χ4v) is 4.26. The molecule has 1 fully saturated rings. The third-order valence-electron chi connectivity index (χ3n) is 5.88. The number of fused-ring (bicyclic) bond motifs is 1. The molecular formula is C24H22FN7. The average Bonchev–Trinajstić information content (AvgIpc) is 3.21. The van der Waals surface area contributed by atoms with Crippen LogP contribution in [0.3, 0.4) is 0 Å². The van der Waals surface area contributed by atoms with Crippen molar-refractivity contribution in [1.29, 1.82) is 5.26 Å². The predicted molar refractivity (Wildman–Crippen MR) is 121 cm³/mol. The van der Waals surface area contributed by atoms with E-state index in [1.165, 1.54) is 12.4 Å². The topological polar surface area (TPSA) is 82.7 Å². The van der Waals surface area contributed by atoms with Crippen LogP contribution in [0.4, 0.5) is 10.2 Å². The van der Waals surface area contributed by atoms with Gasteiger partial charge in [0.05, 0.1) is 17.0 Å². The van der Waals surface area contributed by atoms with Gasteiger partial charge in [0.15, 0.2) is 5.65 Å². The van der Waals surface area contributed by atoms with Crippen LogP contribution in [-0.4, -0.2) is 44.7 Å². The summed E-state index contributed by atoms with van der Waals surface area (Å²) in [5.41, 5.74) is 2.27. The van der Waals surface area contributed by atoms with Gasteiger partial charge < -0.3 is 10.2 Å². The first-order valence-electron chi connectivity index (χ1n) is 10.5. The Morgan fingerprint density at radius 1 is 1.12 bits per heavy atom. The second kappa shape index (κ2) is 8.02. The maximum absolute atomic E-state index is 14.9. The Bertz CT molecular complexity index is 1340. The van der Waals surface area contributed by atoms with Crippen LogP contribution in [0, 0.1) is 17.1 Å². The molecule has 5 rings (SSSR count). The largest absolute Gasteiger partial charge is 0.350 e. The van der Waals surface area contributed by atoms with Crippen molar-refractivity contribution in [2.75, 3.05) is 18.0 Å². The molecule has 7 nitrogen and oxygen atoms in total. The number of benzene rings is 1. The molecule has 0 amide bonds. The molecular weight excluding hydrogens is 405 g/mol. The predicted octanol–water partition coefficient (Wildman–Crippen LogP) is 3.68. The van der Waals surface area contributed by atoms with Crippen LogP contribution in [0.25, 0.3) is 28.0 Å². The molecule has 0 spiro atoms. The summed E-state index contributed by atoms with van der Waals surface area (Å²) in [5, 5.41) is 13.6. The quantitative estimate of drug-likeness (QED) is 0.537. The Morgan fingerprint density at radius 2 is 1.97 bits per heavy atom. The monoisotopic (exact) mass is 427 g/mol. The van der Waals surface area contributed by atoms with Crippen LogP contribution in [-0.2, 0) is 0 Å². The first kappa shape index (κ1) is 20.1. The lowest BCUT2D eigenvalue weighted by Crippen LogP contribution is -2.54. The van der Waals surface area contributed by atoms with E-state index in [4.69, 9.17) is 0 Å². The van der Waals surface area contributed by atoms with Crippen LogP contribution in [0.15, 0.2) is 55.1 Å². The van der Waals surface area contributed by atoms with Gasteiger partial charge >= 0.3 is 0 Å². The van der Waals surface area contributed by atoms with Crippen molar-refractivity contribution in [3.8, 4) is 23.0 Å². The molecule has 1 aliphatic heterocycles. The highest BCUT2D eigenvalue weighted by Crippen LogP contribution is 2.38. The molecule has 0 bridgehead atoms. The third kappa shape index (κ3) is 3.37. The zero-order valence-electron chi connectivity index (χ0n) is 17.8. The lowest BCUT2D eigenvalue weighted by Gasteiger charge is -2.38. The summed E-state index contributed by atoms with van der Waals surface area (Å²) in [6.07, 6.45) is 4.96. The number of hydrogen-bond acceptors (Lipinski definition) is 6. The molecule has 1 aromatic carbocycles. The smallest absolute Gasteiger partial charge is 0.151 e. The van der Waals surface area contributed by atoms with Crippen molar-refractivity contribution in [3.63, 3.8) is 0 Å². The van der Waals surface area contributed by atoms with Gasteiger partial charge in [-0.2, -0.15) is 5.26 Å². The molecule has 1 saturated heterocycles. The van der Waals surface area contributed by atoms with Crippen molar-refractivity contribution >= 4 is 16.9 Å². The van der Waals surface area contributed by atoms with Gasteiger partial charge in [-0.05, 0) is 32.0 Å². The van der Waals surface area contributed by atoms with Crippen LogP contribution in [0.2, 0.25) is 0 Å². The van der Waals surface area contributed by atoms with Gasteiger partial charge in [-0.1, -0.05) is 18.2 Å². The number of halogens is 1. The lowest BCUT2D eigenvalue weighted by atomic mass is 10.0. The fraction of sp³-hybridized carbons (Fsp3) is 0.250. The standard InChI is InChI=1S/C24H22FN7/c1-15-12-31(16(2)11-28-15)23-22-19(18-5-3-4-6-20(18)25)13-32(24(22)30-14-29-23)21-9-17(10-26)7-8-27-21/h3-9,13-16,28H,11-12H2,1-2H3/t15-,16-/m0/s1. The Labute approximate surface area is 185 Å². The number of piperazine rings is 1. The van der Waals surface area contributed by atoms with E-state index >= 15 is 0 Å². The maximum Gasteiger partial charge on any atom is 0.151 e. The van der Waals surface area contributed by atoms with Gasteiger partial charge in [0, 0.05) is 48.7 Å². The highest BCUT2D eigenvalue weighted by Gasteiger charge is 2.28. The Kier molecular flexibility index (Phi) is 5.04. The Morgan fingerprint density at radius 3 is 2.78 bits per heavy atom. The SMILES string of the molecule is C[C@H]1CN(c2ncnc3c2c(-c2ccccc2F)cn3-c2cc(C#N)ccn2)[C@@H](C)CN1. The van der Waals surface area contributed by atoms with Gasteiger partial charge in [-0.3, -0.25) is 4.57 Å². The summed E-state index contributed by atoms with van der Waals surface area (Å²) in [4.78, 5) is 15.9. The van der Waals surface area contributed by atoms with Crippen molar-refractivity contribution in [1.82, 2.24) is 24.8 Å². The van der Waals surface area contributed by atoms with Gasteiger partial charge in [0.2, 0.25) is 0 Å². The molecule has 0 saturated carbocycles. The van der Waals surface area contributed by atoms with Crippen molar-refractivity contribution in [3.05, 3.63) is 66.5 Å². The molecule has 1 aliphatic rings. The van der Waals surface area contributed by atoms with Gasteiger partial charge in [0.25, 0.3) is 0 Å². The third-order valence-corrected chi connectivity index (χ3v) is 5.88. The first-order chi connectivity index (χ1) is 15.6. The van der Waals surface area contributed by atoms with E-state index in [1.807, 2.05) is 12.3 Å². The molecule has 0 unspecified atom stereocenters. The number of rotatable bonds is 3. The van der Waals surface area contributed by atoms with Crippen LogP contribution >= 0.6 is 0 Å². The summed E-state index contributed by atoms with van der Waals surface area (Å²) < 4.78 is 16.7. The van der Waals surface area contributed by atoms with E-state index in [1.54, 1.807) is 35.0 Å². The Hall–Kier alpha value is -3.83. The Balaban J connectivity index is 1.81. The normalized spacial score (nSPS) is 18.6. The number of nitrogens with one attached hydrogen (secondary N) is 1. The average molecular weight is 427 g/mol. The number of anilines is 1. The molecule has 3 aromatic heterocycles. The van der Waals surface area contributed by atoms with Crippen molar-refractivity contribution < 1.29 is 4.39 Å². The number of nitriles is 1. The van der Waals surface area contributed by atoms with E-state index in [-0.39, 0.29) is 11.9 Å². The number of pyridine rings is 1. The number of nitrogens with zero attached hydrogens (tertiary/aromatic N) is 6. The summed E-state index contributed by atoms with van der Waals surface area (Å²) in [6, 6.07) is 12.7. The maximum atomic E-state index is 14.9. The van der Waals surface area contributed by atoms with Crippen molar-refractivity contribution in [2.24, 2.45) is 0 Å². The minimum absolute atomic E-state index is 0.209. The van der Waals surface area contributed by atoms with E-state index in [0.717, 1.165) is 24.3 Å². The number of aromatic nitrogens is 4. The summed E-state index contributed by atoms with van der Waals surface area (Å²) in [6.45, 7) is 5.88. The molecule has 2 atom stereocenters. The van der Waals surface area contributed by atoms with E-state index in [9.17, 15) is 9.65 Å². The van der Waals surface area contributed by atoms with Gasteiger partial charge in [0.1, 0.15) is 23.8 Å². The molecule has 160 valence electrons. The van der Waals surface area contributed by atoms with E-state index in [0.29, 0.717) is 34.2 Å². The van der Waals surface area contributed by atoms with Gasteiger partial charge in [-0.15, -0.1) is 0 Å². The van der Waals surface area contributed by atoms with Crippen LogP contribution < -0.4 is 10.2 Å². The van der Waals surface area contributed by atoms with Crippen LogP contribution in [0.5, 0.6) is 0 Å². The van der Waals surface area contributed by atoms with Crippen molar-refractivity contribution in [2.45, 2.75) is 25.9 Å². The minimum atomic E-state index is -0.318. The second-order valence-corrected chi connectivity index (χ2v) is 8.11. The fourth-order valence-electron chi connectivity index (χ4n) is 4.26. The van der Waals surface area contributed by atoms with Crippen LogP contribution in [0.1, 0.15) is 19.4 Å². The number of hydrogen-bond donors (Lipinski definition) is 1. The molecule has 1 N–H and O–H groups in total. The zero-order valence-corrected chi connectivity index (χ0v) is 17.8. The highest BCUT2D eigenvalue weighted by molar-refractivity contribution is 6.02. The summed E-state index contributed by atoms with van der Waals surface area (Å²) >= 11 is 0. The van der Waals surface area contributed by atoms with E-state index in [2.05, 4.69) is 45.1 Å². The van der Waals surface area contributed by atoms with Gasteiger partial charge in [-0.25, -0.2) is 19.3 Å². The molecule has 4 aromatic rings. The minimum Gasteiger partial charge on any atom is -0.350 e. The molecule has 8 heteroatoms. The highest BCUT2D eigenvalue weighted by atomic mass is 19.1. The lowest BCUT2D eigenvalue weighted by molar-refractivity contribution is 0.423. The molecule has 4 heterocycles. The molecule has 0 radical (unpaired) electrons.